The number of imidazole rings is 1. The Kier molecular flexibility index (Phi) is 3.96. The quantitative estimate of drug-likeness (QED) is 0.748. The summed E-state index contributed by atoms with van der Waals surface area (Å²) in [6.07, 6.45) is 4.17. The third-order valence-electron chi connectivity index (χ3n) is 4.69. The molecule has 0 radical (unpaired) electrons. The minimum atomic E-state index is -0.497. The molecule has 1 N–H and O–H groups in total. The van der Waals surface area contributed by atoms with Crippen molar-refractivity contribution >= 4 is 28.8 Å². The van der Waals surface area contributed by atoms with E-state index in [1.54, 1.807) is 0 Å². The fourth-order valence-corrected chi connectivity index (χ4v) is 3.53. The molecule has 0 saturated carbocycles. The number of pyridine rings is 1. The Morgan fingerprint density at radius 3 is 3.00 bits per heavy atom. The van der Waals surface area contributed by atoms with Crippen LogP contribution in [0.5, 0.6) is 0 Å². The fraction of sp³-hybridized carbons (Fsp3) is 0.263. The lowest BCUT2D eigenvalue weighted by atomic mass is 9.89. The van der Waals surface area contributed by atoms with Crippen molar-refractivity contribution in [1.29, 1.82) is 0 Å². The van der Waals surface area contributed by atoms with Gasteiger partial charge in [0.25, 0.3) is 0 Å². The lowest BCUT2D eigenvalue weighted by molar-refractivity contribution is -0.120. The average Bonchev–Trinajstić information content (AvgIpc) is 2.94. The fourth-order valence-electron chi connectivity index (χ4n) is 3.35. The Labute approximate surface area is 149 Å². The lowest BCUT2D eigenvalue weighted by Crippen LogP contribution is -2.28. The summed E-state index contributed by atoms with van der Waals surface area (Å²) in [6, 6.07) is 8.29. The van der Waals surface area contributed by atoms with Crippen LogP contribution in [0.25, 0.3) is 5.65 Å². The largest absolute Gasteiger partial charge is 0.326 e. The Bertz CT molecular complexity index is 982. The molecule has 2 aromatic heterocycles. The van der Waals surface area contributed by atoms with Crippen LogP contribution in [0.1, 0.15) is 23.4 Å². The van der Waals surface area contributed by atoms with Gasteiger partial charge in [-0.1, -0.05) is 11.6 Å². The first-order valence-electron chi connectivity index (χ1n) is 8.23. The van der Waals surface area contributed by atoms with Gasteiger partial charge in [0.05, 0.1) is 10.7 Å². The SMILES string of the molecule is Cc1ccn2c3c(nc2c1)CCC(C(=O)Nc1ccc(F)c(Cl)c1)C3. The molecule has 0 bridgehead atoms. The van der Waals surface area contributed by atoms with Crippen LogP contribution in [-0.4, -0.2) is 15.3 Å². The van der Waals surface area contributed by atoms with E-state index >= 15 is 0 Å². The molecule has 1 aromatic carbocycles. The first-order valence-corrected chi connectivity index (χ1v) is 8.61. The molecular weight excluding hydrogens is 341 g/mol. The number of hydrogen-bond donors (Lipinski definition) is 1. The Morgan fingerprint density at radius 2 is 2.20 bits per heavy atom. The topological polar surface area (TPSA) is 46.4 Å². The van der Waals surface area contributed by atoms with E-state index in [0.717, 1.165) is 35.4 Å². The maximum absolute atomic E-state index is 13.2. The molecular formula is C19H17ClFN3O. The molecule has 128 valence electrons. The number of halogens is 2. The summed E-state index contributed by atoms with van der Waals surface area (Å²) < 4.78 is 15.3. The molecule has 25 heavy (non-hydrogen) atoms. The third-order valence-corrected chi connectivity index (χ3v) is 4.98. The molecule has 4 nitrogen and oxygen atoms in total. The van der Waals surface area contributed by atoms with Gasteiger partial charge in [0.1, 0.15) is 11.5 Å². The average molecular weight is 358 g/mol. The van der Waals surface area contributed by atoms with E-state index in [1.165, 1.54) is 18.2 Å². The smallest absolute Gasteiger partial charge is 0.227 e. The number of carbonyl (C=O) groups excluding carboxylic acids is 1. The van der Waals surface area contributed by atoms with Crippen molar-refractivity contribution in [3.05, 3.63) is 64.3 Å². The highest BCUT2D eigenvalue weighted by atomic mass is 35.5. The van der Waals surface area contributed by atoms with Crippen LogP contribution in [0.4, 0.5) is 10.1 Å². The highest BCUT2D eigenvalue weighted by Crippen LogP contribution is 2.28. The maximum atomic E-state index is 13.2. The highest BCUT2D eigenvalue weighted by Gasteiger charge is 2.28. The Morgan fingerprint density at radius 1 is 1.36 bits per heavy atom. The lowest BCUT2D eigenvalue weighted by Gasteiger charge is -2.21. The van der Waals surface area contributed by atoms with Crippen molar-refractivity contribution in [2.45, 2.75) is 26.2 Å². The van der Waals surface area contributed by atoms with Crippen LogP contribution in [0.3, 0.4) is 0 Å². The second-order valence-corrected chi connectivity index (χ2v) is 6.90. The monoisotopic (exact) mass is 357 g/mol. The van der Waals surface area contributed by atoms with Gasteiger partial charge in [-0.15, -0.1) is 0 Å². The zero-order valence-electron chi connectivity index (χ0n) is 13.7. The molecule has 0 spiro atoms. The number of fused-ring (bicyclic) bond motifs is 3. The summed E-state index contributed by atoms with van der Waals surface area (Å²) in [7, 11) is 0. The van der Waals surface area contributed by atoms with Gasteiger partial charge < -0.3 is 9.72 Å². The highest BCUT2D eigenvalue weighted by molar-refractivity contribution is 6.31. The summed E-state index contributed by atoms with van der Waals surface area (Å²) in [4.78, 5) is 17.3. The second-order valence-electron chi connectivity index (χ2n) is 6.50. The van der Waals surface area contributed by atoms with Gasteiger partial charge in [-0.3, -0.25) is 4.79 Å². The Hall–Kier alpha value is -2.40. The van der Waals surface area contributed by atoms with Crippen LogP contribution < -0.4 is 5.32 Å². The number of hydrogen-bond acceptors (Lipinski definition) is 2. The van der Waals surface area contributed by atoms with Crippen molar-refractivity contribution in [2.75, 3.05) is 5.32 Å². The second kappa shape index (κ2) is 6.15. The number of amides is 1. The van der Waals surface area contributed by atoms with Gasteiger partial charge in [-0.25, -0.2) is 9.37 Å². The standard InChI is InChI=1S/C19H17ClFN3O/c1-11-6-7-24-17-9-12(2-5-16(17)23-18(24)8-11)19(25)22-13-3-4-15(21)14(20)10-13/h3-4,6-8,10,12H,2,5,9H2,1H3,(H,22,25). The first-order chi connectivity index (χ1) is 12.0. The molecule has 1 unspecified atom stereocenters. The van der Waals surface area contributed by atoms with Gasteiger partial charge in [-0.2, -0.15) is 0 Å². The van der Waals surface area contributed by atoms with E-state index in [2.05, 4.69) is 14.7 Å². The van der Waals surface area contributed by atoms with Crippen LogP contribution in [0, 0.1) is 18.7 Å². The van der Waals surface area contributed by atoms with Crippen molar-refractivity contribution in [3.8, 4) is 0 Å². The number of nitrogens with one attached hydrogen (secondary N) is 1. The number of rotatable bonds is 2. The summed E-state index contributed by atoms with van der Waals surface area (Å²) in [5, 5.41) is 2.84. The molecule has 0 saturated heterocycles. The molecule has 6 heteroatoms. The van der Waals surface area contributed by atoms with Gasteiger partial charge in [0.15, 0.2) is 0 Å². The van der Waals surface area contributed by atoms with Crippen molar-refractivity contribution < 1.29 is 9.18 Å². The number of anilines is 1. The molecule has 1 aliphatic carbocycles. The van der Waals surface area contributed by atoms with Crippen LogP contribution >= 0.6 is 11.6 Å². The number of benzene rings is 1. The molecule has 4 rings (SSSR count). The maximum Gasteiger partial charge on any atom is 0.227 e. The van der Waals surface area contributed by atoms with Gasteiger partial charge in [0.2, 0.25) is 5.91 Å². The predicted octanol–water partition coefficient (Wildman–Crippen LogP) is 4.18. The van der Waals surface area contributed by atoms with E-state index in [-0.39, 0.29) is 16.8 Å². The summed E-state index contributed by atoms with van der Waals surface area (Å²) in [6.45, 7) is 2.04. The summed E-state index contributed by atoms with van der Waals surface area (Å²) >= 11 is 5.78. The van der Waals surface area contributed by atoms with Crippen LogP contribution in [0.2, 0.25) is 5.02 Å². The Balaban J connectivity index is 1.56. The molecule has 3 aromatic rings. The van der Waals surface area contributed by atoms with Crippen LogP contribution in [-0.2, 0) is 17.6 Å². The number of nitrogens with zero attached hydrogens (tertiary/aromatic N) is 2. The normalized spacial score (nSPS) is 16.7. The molecule has 1 aliphatic rings. The van der Waals surface area contributed by atoms with Crippen molar-refractivity contribution in [1.82, 2.24) is 9.38 Å². The zero-order chi connectivity index (χ0) is 17.6. The summed E-state index contributed by atoms with van der Waals surface area (Å²) in [5.41, 5.74) is 4.77. The van der Waals surface area contributed by atoms with Crippen molar-refractivity contribution in [2.24, 2.45) is 5.92 Å². The minimum Gasteiger partial charge on any atom is -0.326 e. The molecule has 0 fully saturated rings. The number of aryl methyl sites for hydroxylation is 2. The molecule has 2 heterocycles. The van der Waals surface area contributed by atoms with E-state index in [1.807, 2.05) is 25.3 Å². The zero-order valence-corrected chi connectivity index (χ0v) is 14.5. The number of aromatic nitrogens is 2. The van der Waals surface area contributed by atoms with E-state index in [0.29, 0.717) is 12.1 Å². The number of carbonyl (C=O) groups is 1. The van der Waals surface area contributed by atoms with Crippen LogP contribution in [0.15, 0.2) is 36.5 Å². The third kappa shape index (κ3) is 3.00. The first kappa shape index (κ1) is 16.1. The van der Waals surface area contributed by atoms with E-state index in [4.69, 9.17) is 11.6 Å². The van der Waals surface area contributed by atoms with Gasteiger partial charge >= 0.3 is 0 Å². The van der Waals surface area contributed by atoms with Gasteiger partial charge in [-0.05, 0) is 55.7 Å². The molecule has 1 amide bonds. The predicted molar refractivity (Wildman–Crippen MR) is 95.5 cm³/mol. The molecule has 1 atom stereocenters. The van der Waals surface area contributed by atoms with Crippen molar-refractivity contribution in [3.63, 3.8) is 0 Å². The molecule has 0 aliphatic heterocycles. The minimum absolute atomic E-state index is 0.000819. The van der Waals surface area contributed by atoms with Gasteiger partial charge in [0, 0.05) is 29.9 Å². The summed E-state index contributed by atoms with van der Waals surface area (Å²) in [5.74, 6) is -0.712. The van der Waals surface area contributed by atoms with E-state index < -0.39 is 5.82 Å². The van der Waals surface area contributed by atoms with E-state index in [9.17, 15) is 9.18 Å².